The van der Waals surface area contributed by atoms with E-state index in [1.54, 1.807) is 26.8 Å². The second kappa shape index (κ2) is 7.69. The van der Waals surface area contributed by atoms with Gasteiger partial charge >= 0.3 is 11.9 Å². The third-order valence-electron chi connectivity index (χ3n) is 3.59. The van der Waals surface area contributed by atoms with Crippen LogP contribution in [0, 0.1) is 13.8 Å². The van der Waals surface area contributed by atoms with Crippen LogP contribution in [0.25, 0.3) is 0 Å². The fourth-order valence-electron chi connectivity index (χ4n) is 2.41. The quantitative estimate of drug-likeness (QED) is 0.575. The summed E-state index contributed by atoms with van der Waals surface area (Å²) in [4.78, 5) is 39.4. The fraction of sp³-hybridized carbons (Fsp3) is 0.353. The zero-order valence-electron chi connectivity index (χ0n) is 14.3. The fourth-order valence-corrected chi connectivity index (χ4v) is 2.71. The maximum absolute atomic E-state index is 12.6. The number of hydrogen-bond donors (Lipinski definition) is 1. The lowest BCUT2D eigenvalue weighted by molar-refractivity contribution is 0.0286. The number of esters is 2. The molecule has 0 amide bonds. The van der Waals surface area contributed by atoms with E-state index in [4.69, 9.17) is 13.9 Å². The van der Waals surface area contributed by atoms with Gasteiger partial charge in [-0.15, -0.1) is 0 Å². The van der Waals surface area contributed by atoms with Gasteiger partial charge in [0.2, 0.25) is 11.5 Å². The molecule has 0 spiro atoms. The van der Waals surface area contributed by atoms with E-state index >= 15 is 0 Å². The first-order chi connectivity index (χ1) is 11.8. The van der Waals surface area contributed by atoms with Gasteiger partial charge in [0.15, 0.2) is 10.8 Å². The second-order valence-corrected chi connectivity index (χ2v) is 6.14. The summed E-state index contributed by atoms with van der Waals surface area (Å²) in [6.07, 6.45) is -1.05. The van der Waals surface area contributed by atoms with Gasteiger partial charge in [-0.1, -0.05) is 0 Å². The number of hydrogen-bond acceptors (Lipinski definition) is 6. The molecule has 0 saturated carbocycles. The van der Waals surface area contributed by atoms with E-state index in [0.717, 1.165) is 0 Å². The average molecular weight is 412 g/mol. The standard InChI is InChI=1S/C17H18BrNO6/c1-5-23-17(22)13-8(2)14(19-9(13)3)15(20)10(4)24-16(21)11-6-7-12(18)25-11/h6-7,10,19H,5H2,1-4H3/t10-/m0/s1. The minimum absolute atomic E-state index is 0.0156. The van der Waals surface area contributed by atoms with Gasteiger partial charge in [-0.3, -0.25) is 4.79 Å². The third-order valence-corrected chi connectivity index (χ3v) is 4.02. The number of aromatic amines is 1. The van der Waals surface area contributed by atoms with Gasteiger partial charge in [0.1, 0.15) is 0 Å². The maximum Gasteiger partial charge on any atom is 0.374 e. The molecule has 0 aliphatic carbocycles. The number of aryl methyl sites for hydroxylation is 1. The highest BCUT2D eigenvalue weighted by Gasteiger charge is 2.28. The van der Waals surface area contributed by atoms with E-state index in [2.05, 4.69) is 20.9 Å². The van der Waals surface area contributed by atoms with Crippen molar-refractivity contribution < 1.29 is 28.3 Å². The van der Waals surface area contributed by atoms with Crippen molar-refractivity contribution in [3.63, 3.8) is 0 Å². The summed E-state index contributed by atoms with van der Waals surface area (Å²) in [7, 11) is 0. The van der Waals surface area contributed by atoms with Crippen LogP contribution in [-0.4, -0.2) is 35.4 Å². The first-order valence-electron chi connectivity index (χ1n) is 7.63. The topological polar surface area (TPSA) is 98.6 Å². The van der Waals surface area contributed by atoms with Gasteiger partial charge in [0, 0.05) is 5.69 Å². The van der Waals surface area contributed by atoms with Crippen molar-refractivity contribution in [2.24, 2.45) is 0 Å². The number of furan rings is 1. The van der Waals surface area contributed by atoms with E-state index < -0.39 is 23.8 Å². The minimum atomic E-state index is -1.05. The Hall–Kier alpha value is -2.35. The molecular formula is C17H18BrNO6. The molecule has 1 atom stereocenters. The number of halogens is 1. The Balaban J connectivity index is 2.18. The summed E-state index contributed by atoms with van der Waals surface area (Å²) in [6, 6.07) is 2.99. The van der Waals surface area contributed by atoms with Gasteiger partial charge in [-0.05, 0) is 61.3 Å². The number of rotatable bonds is 6. The van der Waals surface area contributed by atoms with Crippen molar-refractivity contribution in [1.82, 2.24) is 4.98 Å². The monoisotopic (exact) mass is 411 g/mol. The van der Waals surface area contributed by atoms with E-state index in [1.165, 1.54) is 13.0 Å². The Morgan fingerprint density at radius 1 is 1.24 bits per heavy atom. The first kappa shape index (κ1) is 19.0. The normalized spacial score (nSPS) is 11.9. The number of aromatic nitrogens is 1. The van der Waals surface area contributed by atoms with Crippen LogP contribution in [0.4, 0.5) is 0 Å². The molecule has 0 aliphatic heterocycles. The molecule has 134 valence electrons. The molecule has 2 rings (SSSR count). The van der Waals surface area contributed by atoms with E-state index in [0.29, 0.717) is 21.5 Å². The molecular weight excluding hydrogens is 394 g/mol. The van der Waals surface area contributed by atoms with Crippen molar-refractivity contribution in [1.29, 1.82) is 0 Å². The van der Waals surface area contributed by atoms with Crippen LogP contribution in [-0.2, 0) is 9.47 Å². The summed E-state index contributed by atoms with van der Waals surface area (Å²) >= 11 is 3.09. The van der Waals surface area contributed by atoms with E-state index in [-0.39, 0.29) is 18.1 Å². The summed E-state index contributed by atoms with van der Waals surface area (Å²) in [6.45, 7) is 6.71. The highest BCUT2D eigenvalue weighted by Crippen LogP contribution is 2.22. The summed E-state index contributed by atoms with van der Waals surface area (Å²) < 4.78 is 15.6. The minimum Gasteiger partial charge on any atom is -0.462 e. The Labute approximate surface area is 152 Å². The van der Waals surface area contributed by atoms with Crippen LogP contribution in [0.5, 0.6) is 0 Å². The van der Waals surface area contributed by atoms with Gasteiger partial charge in [-0.2, -0.15) is 0 Å². The molecule has 0 unspecified atom stereocenters. The number of ketones is 1. The zero-order valence-corrected chi connectivity index (χ0v) is 15.9. The molecule has 25 heavy (non-hydrogen) atoms. The molecule has 0 aliphatic rings. The number of nitrogens with one attached hydrogen (secondary N) is 1. The largest absolute Gasteiger partial charge is 0.462 e. The average Bonchev–Trinajstić information content (AvgIpc) is 3.10. The van der Waals surface area contributed by atoms with Crippen molar-refractivity contribution in [2.75, 3.05) is 6.61 Å². The van der Waals surface area contributed by atoms with Crippen LogP contribution >= 0.6 is 15.9 Å². The maximum atomic E-state index is 12.6. The van der Waals surface area contributed by atoms with Gasteiger partial charge in [-0.25, -0.2) is 9.59 Å². The van der Waals surface area contributed by atoms with Crippen molar-refractivity contribution >= 4 is 33.7 Å². The Morgan fingerprint density at radius 3 is 2.48 bits per heavy atom. The van der Waals surface area contributed by atoms with Crippen LogP contribution in [0.1, 0.15) is 56.5 Å². The van der Waals surface area contributed by atoms with Gasteiger partial charge in [0.25, 0.3) is 0 Å². The van der Waals surface area contributed by atoms with Crippen LogP contribution < -0.4 is 0 Å². The summed E-state index contributed by atoms with van der Waals surface area (Å²) in [5.41, 5.74) is 1.51. The Morgan fingerprint density at radius 2 is 1.92 bits per heavy atom. The molecule has 8 heteroatoms. The molecule has 0 fully saturated rings. The molecule has 2 aromatic heterocycles. The highest BCUT2D eigenvalue weighted by atomic mass is 79.9. The second-order valence-electron chi connectivity index (χ2n) is 5.36. The molecule has 2 heterocycles. The molecule has 7 nitrogen and oxygen atoms in total. The molecule has 0 radical (unpaired) electrons. The van der Waals surface area contributed by atoms with Crippen LogP contribution in [0.2, 0.25) is 0 Å². The number of ether oxygens (including phenoxy) is 2. The van der Waals surface area contributed by atoms with Gasteiger partial charge in [0.05, 0.1) is 17.9 Å². The number of H-pyrrole nitrogens is 1. The lowest BCUT2D eigenvalue weighted by Crippen LogP contribution is -2.25. The Bertz CT molecular complexity index is 819. The van der Waals surface area contributed by atoms with Crippen LogP contribution in [0.15, 0.2) is 21.2 Å². The van der Waals surface area contributed by atoms with Crippen molar-refractivity contribution in [3.8, 4) is 0 Å². The molecule has 0 saturated heterocycles. The lowest BCUT2D eigenvalue weighted by atomic mass is 10.1. The number of carbonyl (C=O) groups excluding carboxylic acids is 3. The SMILES string of the molecule is CCOC(=O)c1c(C)[nH]c(C(=O)[C@H](C)OC(=O)c2ccc(Br)o2)c1C. The lowest BCUT2D eigenvalue weighted by Gasteiger charge is -2.11. The predicted octanol–water partition coefficient (Wildman–Crippen LogP) is 3.59. The van der Waals surface area contributed by atoms with Gasteiger partial charge < -0.3 is 18.9 Å². The van der Waals surface area contributed by atoms with E-state index in [1.807, 2.05) is 0 Å². The smallest absolute Gasteiger partial charge is 0.374 e. The first-order valence-corrected chi connectivity index (χ1v) is 8.42. The third kappa shape index (κ3) is 4.01. The summed E-state index contributed by atoms with van der Waals surface area (Å²) in [5, 5.41) is 0. The Kier molecular flexibility index (Phi) is 5.84. The molecule has 1 N–H and O–H groups in total. The number of Topliss-reactive ketones (excluding diaryl/α,β-unsaturated/α-hetero) is 1. The number of carbonyl (C=O) groups is 3. The van der Waals surface area contributed by atoms with E-state index in [9.17, 15) is 14.4 Å². The zero-order chi connectivity index (χ0) is 18.7. The van der Waals surface area contributed by atoms with Crippen LogP contribution in [0.3, 0.4) is 0 Å². The highest BCUT2D eigenvalue weighted by molar-refractivity contribution is 9.10. The van der Waals surface area contributed by atoms with Crippen molar-refractivity contribution in [2.45, 2.75) is 33.8 Å². The van der Waals surface area contributed by atoms with Crippen molar-refractivity contribution in [3.05, 3.63) is 45.1 Å². The molecule has 0 aromatic carbocycles. The molecule has 0 bridgehead atoms. The predicted molar refractivity (Wildman–Crippen MR) is 91.8 cm³/mol. The molecule has 2 aromatic rings. The summed E-state index contributed by atoms with van der Waals surface area (Å²) in [5.74, 6) is -1.72.